The Bertz CT molecular complexity index is 254. The first kappa shape index (κ1) is 23.8. The fourth-order valence-electron chi connectivity index (χ4n) is 3.22. The van der Waals surface area contributed by atoms with Crippen LogP contribution in [0.4, 0.5) is 4.39 Å². The van der Waals surface area contributed by atoms with Crippen LogP contribution in [0.15, 0.2) is 0 Å². The van der Waals surface area contributed by atoms with Gasteiger partial charge in [0.05, 0.1) is 0 Å². The smallest absolute Gasteiger partial charge is 0.114 e. The summed E-state index contributed by atoms with van der Waals surface area (Å²) in [6.45, 7) is 14.8. The predicted octanol–water partition coefficient (Wildman–Crippen LogP) is 4.91. The summed E-state index contributed by atoms with van der Waals surface area (Å²) in [7, 11) is 0. The zero-order valence-electron chi connectivity index (χ0n) is 16.8. The number of ether oxygens (including phenoxy) is 1. The lowest BCUT2D eigenvalue weighted by Gasteiger charge is -2.13. The molecule has 4 heteroatoms. The highest BCUT2D eigenvalue weighted by Crippen LogP contribution is 2.23. The van der Waals surface area contributed by atoms with Crippen LogP contribution in [0, 0.1) is 5.92 Å². The van der Waals surface area contributed by atoms with Gasteiger partial charge in [0.2, 0.25) is 0 Å². The number of rotatable bonds is 9. The van der Waals surface area contributed by atoms with Gasteiger partial charge in [0.1, 0.15) is 6.17 Å². The number of alkyl halides is 1. The third-order valence-electron chi connectivity index (χ3n) is 4.52. The molecule has 1 N–H and O–H groups in total. The first-order chi connectivity index (χ1) is 11.8. The minimum absolute atomic E-state index is 0. The fraction of sp³-hybridized carbons (Fsp3) is 1.00. The van der Waals surface area contributed by atoms with Gasteiger partial charge in [-0.25, -0.2) is 4.39 Å². The van der Waals surface area contributed by atoms with Gasteiger partial charge in [-0.3, -0.25) is 0 Å². The van der Waals surface area contributed by atoms with Gasteiger partial charge >= 0.3 is 0 Å². The first-order valence-corrected chi connectivity index (χ1v) is 10.4. The Morgan fingerprint density at radius 2 is 1.88 bits per heavy atom. The largest absolute Gasteiger partial charge is 0.382 e. The minimum atomic E-state index is -0.586. The Labute approximate surface area is 152 Å². The molecule has 3 nitrogen and oxygen atoms in total. The summed E-state index contributed by atoms with van der Waals surface area (Å²) in [5.41, 5.74) is 0. The molecule has 2 rings (SSSR count). The second kappa shape index (κ2) is 17.6. The molecule has 148 valence electrons. The number of hydrogen-bond donors (Lipinski definition) is 1. The molecule has 24 heavy (non-hydrogen) atoms. The molecule has 0 radical (unpaired) electrons. The highest BCUT2D eigenvalue weighted by molar-refractivity contribution is 4.74. The number of nitrogens with zero attached hydrogens (tertiary/aromatic N) is 1. The summed E-state index contributed by atoms with van der Waals surface area (Å²) in [5.74, 6) is 1.01. The molecule has 0 aromatic rings. The normalized spacial score (nSPS) is 21.1. The van der Waals surface area contributed by atoms with Crippen molar-refractivity contribution in [3.8, 4) is 0 Å². The van der Waals surface area contributed by atoms with E-state index in [1.54, 1.807) is 0 Å². The van der Waals surface area contributed by atoms with E-state index in [0.29, 0.717) is 13.0 Å². The Morgan fingerprint density at radius 1 is 1.17 bits per heavy atom. The van der Waals surface area contributed by atoms with Gasteiger partial charge in [-0.1, -0.05) is 33.6 Å². The van der Waals surface area contributed by atoms with Crippen molar-refractivity contribution < 1.29 is 10.6 Å². The zero-order valence-corrected chi connectivity index (χ0v) is 16.8. The topological polar surface area (TPSA) is 24.5 Å². The first-order valence-electron chi connectivity index (χ1n) is 10.4. The van der Waals surface area contributed by atoms with Crippen molar-refractivity contribution in [1.29, 1.82) is 0 Å². The van der Waals surface area contributed by atoms with Crippen LogP contribution in [0.5, 0.6) is 0 Å². The molecule has 1 unspecified atom stereocenters. The lowest BCUT2D eigenvalue weighted by Crippen LogP contribution is -2.23. The van der Waals surface area contributed by atoms with Crippen molar-refractivity contribution in [2.45, 2.75) is 78.8 Å². The van der Waals surface area contributed by atoms with E-state index in [-0.39, 0.29) is 1.43 Å². The number of hydrogen-bond acceptors (Lipinski definition) is 3. The van der Waals surface area contributed by atoms with Gasteiger partial charge in [0, 0.05) is 34.3 Å². The molecule has 1 heterocycles. The molecule has 2 aliphatic rings. The van der Waals surface area contributed by atoms with Gasteiger partial charge in [-0.05, 0) is 58.0 Å². The molecule has 1 saturated heterocycles. The maximum absolute atomic E-state index is 12.7. The van der Waals surface area contributed by atoms with E-state index in [4.69, 9.17) is 4.74 Å². The molecule has 1 atom stereocenters. The van der Waals surface area contributed by atoms with Crippen LogP contribution in [-0.2, 0) is 4.74 Å². The van der Waals surface area contributed by atoms with Gasteiger partial charge in [-0.2, -0.15) is 0 Å². The lowest BCUT2D eigenvalue weighted by atomic mass is 10.1. The van der Waals surface area contributed by atoms with Crippen LogP contribution in [0.1, 0.15) is 74.1 Å². The van der Waals surface area contributed by atoms with E-state index in [1.807, 2.05) is 20.8 Å². The third-order valence-corrected chi connectivity index (χ3v) is 4.52. The van der Waals surface area contributed by atoms with Crippen LogP contribution in [0.25, 0.3) is 0 Å². The summed E-state index contributed by atoms with van der Waals surface area (Å²) < 4.78 is 17.9. The van der Waals surface area contributed by atoms with Crippen LogP contribution < -0.4 is 5.32 Å². The molecule has 0 aromatic carbocycles. The van der Waals surface area contributed by atoms with E-state index in [0.717, 1.165) is 38.6 Å². The summed E-state index contributed by atoms with van der Waals surface area (Å²) >= 11 is 0. The molecular formula is C20H45FN2O. The van der Waals surface area contributed by atoms with Gasteiger partial charge in [0.25, 0.3) is 0 Å². The summed E-state index contributed by atoms with van der Waals surface area (Å²) in [6, 6.07) is 0. The van der Waals surface area contributed by atoms with Crippen molar-refractivity contribution in [3.05, 3.63) is 0 Å². The van der Waals surface area contributed by atoms with E-state index < -0.39 is 6.17 Å². The molecule has 0 aromatic heterocycles. The van der Waals surface area contributed by atoms with E-state index in [9.17, 15) is 4.39 Å². The molecule has 1 aliphatic carbocycles. The average Bonchev–Trinajstić information content (AvgIpc) is 3.26. The van der Waals surface area contributed by atoms with Crippen molar-refractivity contribution in [3.63, 3.8) is 0 Å². The number of likely N-dealkylation sites (tertiary alicyclic amines) is 1. The highest BCUT2D eigenvalue weighted by atomic mass is 19.1. The molecule has 2 fully saturated rings. The molecule has 0 bridgehead atoms. The second-order valence-corrected chi connectivity index (χ2v) is 6.59. The van der Waals surface area contributed by atoms with Crippen LogP contribution in [-0.4, -0.2) is 57.0 Å². The maximum Gasteiger partial charge on any atom is 0.114 e. The molecule has 0 amide bonds. The van der Waals surface area contributed by atoms with E-state index in [1.165, 1.54) is 45.2 Å². The second-order valence-electron chi connectivity index (χ2n) is 6.59. The lowest BCUT2D eigenvalue weighted by molar-refractivity contribution is 0.134. The summed E-state index contributed by atoms with van der Waals surface area (Å²) in [5, 5.41) is 3.48. The molecule has 1 saturated carbocycles. The average molecular weight is 349 g/mol. The van der Waals surface area contributed by atoms with Crippen LogP contribution in [0.3, 0.4) is 0 Å². The highest BCUT2D eigenvalue weighted by Gasteiger charge is 2.20. The van der Waals surface area contributed by atoms with Crippen LogP contribution in [0.2, 0.25) is 0 Å². The fourth-order valence-corrected chi connectivity index (χ4v) is 3.22. The molecular weight excluding hydrogens is 303 g/mol. The quantitative estimate of drug-likeness (QED) is 0.599. The summed E-state index contributed by atoms with van der Waals surface area (Å²) in [4.78, 5) is 2.17. The van der Waals surface area contributed by atoms with Crippen molar-refractivity contribution in [1.82, 2.24) is 10.2 Å². The third kappa shape index (κ3) is 13.1. The Hall–Kier alpha value is -0.190. The molecule has 0 spiro atoms. The molecule has 1 aliphatic heterocycles. The number of nitrogens with one attached hydrogen (secondary N) is 1. The minimum Gasteiger partial charge on any atom is -0.382 e. The van der Waals surface area contributed by atoms with Gasteiger partial charge in [-0.15, -0.1) is 0 Å². The monoisotopic (exact) mass is 348 g/mol. The number of halogens is 1. The SMILES string of the molecule is CC.CCCNCC1CCCC1.CCOCCCN1CCC(F)C1.[HH]. The Kier molecular flexibility index (Phi) is 17.5. The summed E-state index contributed by atoms with van der Waals surface area (Å²) in [6.07, 6.45) is 8.31. The van der Waals surface area contributed by atoms with Crippen molar-refractivity contribution in [2.75, 3.05) is 45.9 Å². The zero-order chi connectivity index (χ0) is 18.0. The Morgan fingerprint density at radius 3 is 2.42 bits per heavy atom. The van der Waals surface area contributed by atoms with Crippen molar-refractivity contribution in [2.24, 2.45) is 5.92 Å². The standard InChI is InChI=1S/C9H18FNO.C9H19N.C2H6.H2/c1-2-12-7-3-5-11-6-4-9(10)8-11;1-2-7-10-8-9-5-3-4-6-9;1-2;/h9H,2-8H2,1H3;9-10H,2-8H2,1H3;1-2H3;1H. The van der Waals surface area contributed by atoms with Gasteiger partial charge < -0.3 is 15.0 Å². The Balaban J connectivity index is 0. The van der Waals surface area contributed by atoms with Crippen molar-refractivity contribution >= 4 is 0 Å². The maximum atomic E-state index is 12.7. The van der Waals surface area contributed by atoms with E-state index in [2.05, 4.69) is 17.1 Å². The predicted molar refractivity (Wildman–Crippen MR) is 106 cm³/mol. The van der Waals surface area contributed by atoms with Crippen LogP contribution >= 0.6 is 0 Å². The van der Waals surface area contributed by atoms with Gasteiger partial charge in [0.15, 0.2) is 0 Å². The van der Waals surface area contributed by atoms with E-state index >= 15 is 0 Å².